The Hall–Kier alpha value is -8.69. The average Bonchev–Trinajstić information content (AvgIpc) is 1.64. The van der Waals surface area contributed by atoms with Crippen molar-refractivity contribution in [2.75, 3.05) is 21.3 Å². The van der Waals surface area contributed by atoms with Crippen molar-refractivity contribution in [2.24, 2.45) is 0 Å². The number of anilines is 4. The molecular formula is C119H203ClN22S4. The lowest BCUT2D eigenvalue weighted by Gasteiger charge is -2.19. The third-order valence-corrected chi connectivity index (χ3v) is 25.1. The predicted molar refractivity (Wildman–Crippen MR) is 639 cm³/mol. The summed E-state index contributed by atoms with van der Waals surface area (Å²) < 4.78 is 8.72. The number of hydrogen-bond donors (Lipinski definition) is 4. The number of nitrogens with one attached hydrogen (secondary N) is 4. The van der Waals surface area contributed by atoms with Crippen LogP contribution in [0.1, 0.15) is 488 Å². The summed E-state index contributed by atoms with van der Waals surface area (Å²) in [5.41, 5.74) is 15.0. The first-order valence-electron chi connectivity index (χ1n) is 52.5. The summed E-state index contributed by atoms with van der Waals surface area (Å²) in [6.45, 7) is 120. The van der Waals surface area contributed by atoms with E-state index in [0.29, 0.717) is 53.9 Å². The summed E-state index contributed by atoms with van der Waals surface area (Å²) >= 11 is 12.9. The van der Waals surface area contributed by atoms with Gasteiger partial charge in [-0.05, 0) is 212 Å². The molecule has 0 saturated heterocycles. The van der Waals surface area contributed by atoms with Gasteiger partial charge in [0.15, 0.2) is 10.3 Å². The molecule has 0 aromatic carbocycles. The van der Waals surface area contributed by atoms with Gasteiger partial charge in [0.05, 0.1) is 72.2 Å². The van der Waals surface area contributed by atoms with E-state index in [-0.39, 0.29) is 65.4 Å². The molecule has 4 N–H and O–H groups in total. The summed E-state index contributed by atoms with van der Waals surface area (Å²) in [7, 11) is 0. The van der Waals surface area contributed by atoms with E-state index in [1.807, 2.05) is 87.8 Å². The van der Waals surface area contributed by atoms with Gasteiger partial charge in [0.2, 0.25) is 0 Å². The van der Waals surface area contributed by atoms with Crippen molar-refractivity contribution in [3.8, 4) is 0 Å². The number of thiazole rings is 4. The molecule has 0 spiro atoms. The second-order valence-corrected chi connectivity index (χ2v) is 56.6. The van der Waals surface area contributed by atoms with Gasteiger partial charge in [-0.25, -0.2) is 34.9 Å². The molecule has 0 bridgehead atoms. The minimum absolute atomic E-state index is 0.0183. The second-order valence-electron chi connectivity index (χ2n) is 52.4. The minimum Gasteiger partial charge on any atom is -0.368 e. The van der Waals surface area contributed by atoms with Crippen LogP contribution in [0.2, 0.25) is 4.34 Å². The Kier molecular flexibility index (Phi) is 54.3. The van der Waals surface area contributed by atoms with Gasteiger partial charge in [-0.15, -0.1) is 34.0 Å². The molecule has 0 fully saturated rings. The number of pyridine rings is 2. The van der Waals surface area contributed by atoms with Gasteiger partial charge in [-0.3, -0.25) is 33.7 Å². The Bertz CT molecular complexity index is 5240. The molecule has 0 radical (unpaired) electrons. The number of hydrogen-bond acceptors (Lipinski definition) is 22. The van der Waals surface area contributed by atoms with Crippen LogP contribution in [0.5, 0.6) is 0 Å². The average molecular weight is 2110 g/mol. The van der Waals surface area contributed by atoms with Crippen LogP contribution in [0, 0.1) is 13.8 Å². The fraction of sp³-hybridized carbons (Fsp3) is 0.647. The van der Waals surface area contributed by atoms with E-state index < -0.39 is 0 Å². The maximum atomic E-state index is 6.13. The highest BCUT2D eigenvalue weighted by molar-refractivity contribution is 7.19. The molecule has 0 atom stereocenters. The summed E-state index contributed by atoms with van der Waals surface area (Å²) in [5, 5.41) is 41.6. The SMILES string of the molecule is CC(C)(C)n1cccn1.CC(C)Nc1cccc(C(C)(C)C)n1.CC(C)Nc1ccn(C(C)(C)C)n1.CC(C)Nc1nc(C(C)(C)C)c(Cl)s1.CC(C)Nc1nc(C(C)(C)C)cs1.CC(C)c1cccc(C(C)(C)C)n1.CC(C)c1ccn(C(C)(C)C)n1.CC(C)c1csc(C(C)(C)C)n1.CC(C)c1nc(C(C)(C)C)cs1.CC(C)n1ccc(C(C)(C)C)n1.Cc1ccnc(C(C)(C)C)n1.Cc1cncc(C(C)(C)C)n1. The van der Waals surface area contributed by atoms with E-state index in [1.165, 1.54) is 55.5 Å². The van der Waals surface area contributed by atoms with Crippen molar-refractivity contribution in [1.82, 2.24) is 89.0 Å². The number of nitrogens with zero attached hydrogens (tertiary/aromatic N) is 18. The first kappa shape index (κ1) is 135. The highest BCUT2D eigenvalue weighted by atomic mass is 35.5. The summed E-state index contributed by atoms with van der Waals surface area (Å²) in [5.74, 6) is 4.98. The lowest BCUT2D eigenvalue weighted by Crippen LogP contribution is -2.22. The maximum absolute atomic E-state index is 6.13. The molecule has 12 rings (SSSR count). The van der Waals surface area contributed by atoms with E-state index in [1.54, 1.807) is 46.4 Å². The van der Waals surface area contributed by atoms with Crippen LogP contribution in [-0.2, 0) is 65.4 Å². The number of aromatic nitrogens is 18. The quantitative estimate of drug-likeness (QED) is 0.0837. The third-order valence-electron chi connectivity index (χ3n) is 20.7. The number of rotatable bonds is 13. The molecule has 22 nitrogen and oxygen atoms in total. The number of aryl methyl sites for hydroxylation is 2. The van der Waals surface area contributed by atoms with Crippen molar-refractivity contribution < 1.29 is 0 Å². The van der Waals surface area contributed by atoms with Gasteiger partial charge in [0.25, 0.3) is 0 Å². The Morgan fingerprint density at radius 1 is 0.308 bits per heavy atom. The maximum Gasteiger partial charge on any atom is 0.184 e. The highest BCUT2D eigenvalue weighted by Crippen LogP contribution is 2.37. The molecule has 12 aromatic rings. The third kappa shape index (κ3) is 54.2. The first-order valence-corrected chi connectivity index (χ1v) is 56.3. The molecule has 0 aliphatic carbocycles. The van der Waals surface area contributed by atoms with Crippen LogP contribution in [0.25, 0.3) is 0 Å². The van der Waals surface area contributed by atoms with E-state index in [0.717, 1.165) is 66.2 Å². The van der Waals surface area contributed by atoms with Crippen LogP contribution >= 0.6 is 56.9 Å². The van der Waals surface area contributed by atoms with Gasteiger partial charge in [0, 0.05) is 179 Å². The zero-order chi connectivity index (χ0) is 113. The molecular weight excluding hydrogens is 1900 g/mol. The lowest BCUT2D eigenvalue weighted by atomic mass is 9.91. The molecule has 12 heterocycles. The van der Waals surface area contributed by atoms with Gasteiger partial charge >= 0.3 is 0 Å². The van der Waals surface area contributed by atoms with Crippen molar-refractivity contribution >= 4 is 78.8 Å². The largest absolute Gasteiger partial charge is 0.368 e. The van der Waals surface area contributed by atoms with Crippen molar-refractivity contribution in [3.63, 3.8) is 0 Å². The Labute approximate surface area is 910 Å². The standard InChI is InChI=1S/C12H20N2.C12H19N.C10H17ClN2S.C10H19N3.C10H18N2S.2C10H18N2.2C10H17NS.2C9H14N2.C7H12N2/c1-9(2)13-11-8-6-7-10(14-11)12(3,4)5;1-9(2)10-7-6-8-11(13-10)12(3,4)5;1-6(2)12-9-13-7(8(11)14-9)10(3,4)5;1-8(2)11-9-6-7-13(12-9)10(3,4)5;1-7(2)11-9-12-8(6-13-9)10(3,4)5;1-8(2)12-7-6-9(11-12)10(3,4)5;1-8(2)9-6-7-12(11-9)10(3,4)5;1-7(2)9-11-8(6-12-9)10(3,4)5;1-7(2)8-6-12-9(11-8)10(3,4)5;1-7-5-10-6-8(11-7)9(2,3)4;1-7-5-6-10-8(11-7)9(2,3)4;1-7(2,3)9-6-4-5-8-9/h6-9H,1-5H3,(H,13,14);6-9H,1-5H3;6H,1-5H3,(H,12,13);6-8H,1-5H3,(H,11,12);6-7H,1-5H3,(H,11,12);2*6-8H,1-5H3;2*6-7H,1-5H3;2*5-6H,1-4H3;4-6H,1-3H3. The summed E-state index contributed by atoms with van der Waals surface area (Å²) in [6.07, 6.45) is 15.3. The van der Waals surface area contributed by atoms with E-state index in [9.17, 15) is 0 Å². The second kappa shape index (κ2) is 58.6. The van der Waals surface area contributed by atoms with Crippen molar-refractivity contribution in [2.45, 2.75) is 507 Å². The molecule has 0 amide bonds. The Balaban J connectivity index is 0.000000797. The van der Waals surface area contributed by atoms with Crippen LogP contribution in [0.4, 0.5) is 21.9 Å². The molecule has 27 heteroatoms. The monoisotopic (exact) mass is 2100 g/mol. The fourth-order valence-corrected chi connectivity index (χ4v) is 16.4. The van der Waals surface area contributed by atoms with Crippen molar-refractivity contribution in [3.05, 3.63) is 221 Å². The van der Waals surface area contributed by atoms with Gasteiger partial charge in [0.1, 0.15) is 21.8 Å². The first-order chi connectivity index (χ1) is 66.1. The van der Waals surface area contributed by atoms with Gasteiger partial charge in [-0.2, -0.15) is 20.4 Å². The molecule has 0 aliphatic rings. The molecule has 146 heavy (non-hydrogen) atoms. The molecule has 0 saturated carbocycles. The molecule has 12 aromatic heterocycles. The van der Waals surface area contributed by atoms with Crippen LogP contribution in [-0.4, -0.2) is 113 Å². The normalized spacial score (nSPS) is 12.2. The Morgan fingerprint density at radius 3 is 1.11 bits per heavy atom. The lowest BCUT2D eigenvalue weighted by molar-refractivity contribution is 0.352. The molecule has 0 unspecified atom stereocenters. The smallest absolute Gasteiger partial charge is 0.184 e. The molecule has 820 valence electrons. The zero-order valence-corrected chi connectivity index (χ0v) is 106. The topological polar surface area (TPSA) is 248 Å². The van der Waals surface area contributed by atoms with Gasteiger partial charge in [-0.1, -0.05) is 277 Å². The van der Waals surface area contributed by atoms with Gasteiger partial charge < -0.3 is 21.3 Å². The molecule has 0 aliphatic heterocycles. The zero-order valence-electron chi connectivity index (χ0n) is 102. The summed E-state index contributed by atoms with van der Waals surface area (Å²) in [4.78, 5) is 44.4. The predicted octanol–water partition coefficient (Wildman–Crippen LogP) is 34.8. The van der Waals surface area contributed by atoms with E-state index in [4.69, 9.17) is 11.6 Å². The van der Waals surface area contributed by atoms with E-state index >= 15 is 0 Å². The fourth-order valence-electron chi connectivity index (χ4n) is 11.6. The summed E-state index contributed by atoms with van der Waals surface area (Å²) in [6, 6.07) is 24.7. The van der Waals surface area contributed by atoms with Crippen LogP contribution < -0.4 is 21.3 Å². The van der Waals surface area contributed by atoms with Crippen LogP contribution in [0.15, 0.2) is 132 Å². The Morgan fingerprint density at radius 2 is 0.774 bits per heavy atom. The van der Waals surface area contributed by atoms with E-state index in [2.05, 4.69) is 530 Å². The van der Waals surface area contributed by atoms with Crippen LogP contribution in [0.3, 0.4) is 0 Å². The highest BCUT2D eigenvalue weighted by Gasteiger charge is 2.27. The van der Waals surface area contributed by atoms with Crippen molar-refractivity contribution in [1.29, 1.82) is 0 Å². The minimum atomic E-state index is 0.0183. The number of halogens is 1.